The number of aromatic nitrogens is 1. The second-order valence-electron chi connectivity index (χ2n) is 7.83. The predicted molar refractivity (Wildman–Crippen MR) is 137 cm³/mol. The molecule has 1 aromatic heterocycles. The average molecular weight is 486 g/mol. The van der Waals surface area contributed by atoms with Crippen LogP contribution in [0.3, 0.4) is 0 Å². The number of nitrogens with zero attached hydrogens (tertiary/aromatic N) is 1. The number of fused-ring (bicyclic) bond motifs is 1. The SMILES string of the molecule is COc1cc(/C=C(/C#N)C(=O)NCCc2c[nH]c3ccccc23)ccc1OCc1ccccc1Cl. The summed E-state index contributed by atoms with van der Waals surface area (Å²) in [7, 11) is 1.54. The number of hydrogen-bond donors (Lipinski definition) is 2. The minimum atomic E-state index is -0.426. The molecule has 0 radical (unpaired) electrons. The first kappa shape index (κ1) is 23.9. The van der Waals surface area contributed by atoms with Crippen LogP contribution >= 0.6 is 11.6 Å². The summed E-state index contributed by atoms with van der Waals surface area (Å²) in [6, 6.07) is 22.7. The molecule has 7 heteroatoms. The zero-order chi connectivity index (χ0) is 24.6. The minimum absolute atomic E-state index is 0.00992. The van der Waals surface area contributed by atoms with Crippen molar-refractivity contribution in [1.82, 2.24) is 10.3 Å². The minimum Gasteiger partial charge on any atom is -0.493 e. The van der Waals surface area contributed by atoms with Crippen LogP contribution in [0.2, 0.25) is 5.02 Å². The van der Waals surface area contributed by atoms with Crippen molar-refractivity contribution < 1.29 is 14.3 Å². The van der Waals surface area contributed by atoms with Crippen molar-refractivity contribution in [3.63, 3.8) is 0 Å². The molecule has 0 aliphatic heterocycles. The molecular weight excluding hydrogens is 462 g/mol. The number of aromatic amines is 1. The molecular formula is C28H24ClN3O3. The molecule has 0 atom stereocenters. The Balaban J connectivity index is 1.40. The summed E-state index contributed by atoms with van der Waals surface area (Å²) in [6.45, 7) is 0.700. The van der Waals surface area contributed by atoms with Gasteiger partial charge in [-0.3, -0.25) is 4.79 Å². The van der Waals surface area contributed by atoms with Gasteiger partial charge in [-0.25, -0.2) is 0 Å². The van der Waals surface area contributed by atoms with Crippen LogP contribution in [0, 0.1) is 11.3 Å². The third-order valence-electron chi connectivity index (χ3n) is 5.56. The third kappa shape index (κ3) is 5.84. The van der Waals surface area contributed by atoms with E-state index in [9.17, 15) is 10.1 Å². The van der Waals surface area contributed by atoms with Crippen molar-refractivity contribution in [3.05, 3.63) is 100 Å². The van der Waals surface area contributed by atoms with E-state index in [1.807, 2.05) is 54.7 Å². The molecule has 0 unspecified atom stereocenters. The molecule has 0 spiro atoms. The lowest BCUT2D eigenvalue weighted by atomic mass is 10.1. The van der Waals surface area contributed by atoms with Gasteiger partial charge in [0.25, 0.3) is 5.91 Å². The molecule has 2 N–H and O–H groups in total. The van der Waals surface area contributed by atoms with E-state index in [2.05, 4.69) is 10.3 Å². The lowest BCUT2D eigenvalue weighted by Crippen LogP contribution is -2.26. The second kappa shape index (κ2) is 11.3. The maximum Gasteiger partial charge on any atom is 0.261 e. The van der Waals surface area contributed by atoms with Gasteiger partial charge < -0.3 is 19.8 Å². The number of halogens is 1. The van der Waals surface area contributed by atoms with Gasteiger partial charge in [0.1, 0.15) is 18.2 Å². The highest BCUT2D eigenvalue weighted by atomic mass is 35.5. The number of methoxy groups -OCH3 is 1. The summed E-state index contributed by atoms with van der Waals surface area (Å²) in [5, 5.41) is 14.1. The van der Waals surface area contributed by atoms with Crippen LogP contribution in [0.15, 0.2) is 78.5 Å². The van der Waals surface area contributed by atoms with Gasteiger partial charge in [-0.15, -0.1) is 0 Å². The lowest BCUT2D eigenvalue weighted by molar-refractivity contribution is -0.117. The number of benzene rings is 3. The Morgan fingerprint density at radius 3 is 2.69 bits per heavy atom. The number of hydrogen-bond acceptors (Lipinski definition) is 4. The molecule has 6 nitrogen and oxygen atoms in total. The standard InChI is InChI=1S/C28H24ClN3O3/c1-34-27-15-19(10-11-26(27)35-18-21-6-2-4-8-24(21)29)14-22(16-30)28(33)31-13-12-20-17-32-25-9-5-3-7-23(20)25/h2-11,14-15,17,32H,12-13,18H2,1H3,(H,31,33)/b22-14-. The number of H-pyrrole nitrogens is 1. The van der Waals surface area contributed by atoms with Crippen LogP contribution in [0.5, 0.6) is 11.5 Å². The largest absolute Gasteiger partial charge is 0.493 e. The van der Waals surface area contributed by atoms with E-state index in [0.717, 1.165) is 22.0 Å². The Morgan fingerprint density at radius 2 is 1.89 bits per heavy atom. The fraction of sp³-hybridized carbons (Fsp3) is 0.143. The van der Waals surface area contributed by atoms with Crippen LogP contribution in [-0.4, -0.2) is 24.5 Å². The molecule has 176 valence electrons. The summed E-state index contributed by atoms with van der Waals surface area (Å²) in [5.41, 5.74) is 3.68. The highest BCUT2D eigenvalue weighted by Gasteiger charge is 2.12. The van der Waals surface area contributed by atoms with Crippen molar-refractivity contribution in [2.75, 3.05) is 13.7 Å². The summed E-state index contributed by atoms with van der Waals surface area (Å²) in [6.07, 6.45) is 4.13. The van der Waals surface area contributed by atoms with Gasteiger partial charge in [0.2, 0.25) is 0 Å². The van der Waals surface area contributed by atoms with E-state index >= 15 is 0 Å². The Labute approximate surface area is 208 Å². The number of amides is 1. The van der Waals surface area contributed by atoms with Gasteiger partial charge in [-0.05, 0) is 47.9 Å². The van der Waals surface area contributed by atoms with E-state index in [-0.39, 0.29) is 12.2 Å². The quantitative estimate of drug-likeness (QED) is 0.236. The van der Waals surface area contributed by atoms with Crippen LogP contribution in [0.4, 0.5) is 0 Å². The summed E-state index contributed by atoms with van der Waals surface area (Å²) >= 11 is 6.19. The van der Waals surface area contributed by atoms with Gasteiger partial charge in [-0.1, -0.05) is 54.1 Å². The normalized spacial score (nSPS) is 11.2. The Bertz CT molecular complexity index is 1420. The maximum atomic E-state index is 12.6. The first-order chi connectivity index (χ1) is 17.1. The Kier molecular flexibility index (Phi) is 7.71. The molecule has 1 heterocycles. The number of para-hydroxylation sites is 1. The number of carbonyl (C=O) groups excluding carboxylic acids is 1. The fourth-order valence-electron chi connectivity index (χ4n) is 3.72. The van der Waals surface area contributed by atoms with Gasteiger partial charge in [0, 0.05) is 34.2 Å². The lowest BCUT2D eigenvalue weighted by Gasteiger charge is -2.12. The summed E-state index contributed by atoms with van der Waals surface area (Å²) in [4.78, 5) is 15.8. The number of ether oxygens (including phenoxy) is 2. The zero-order valence-electron chi connectivity index (χ0n) is 19.2. The van der Waals surface area contributed by atoms with Gasteiger partial charge >= 0.3 is 0 Å². The smallest absolute Gasteiger partial charge is 0.261 e. The van der Waals surface area contributed by atoms with Gasteiger partial charge in [-0.2, -0.15) is 5.26 Å². The second-order valence-corrected chi connectivity index (χ2v) is 8.23. The van der Waals surface area contributed by atoms with Crippen molar-refractivity contribution in [2.45, 2.75) is 13.0 Å². The highest BCUT2D eigenvalue weighted by Crippen LogP contribution is 2.30. The van der Waals surface area contributed by atoms with Crippen molar-refractivity contribution in [2.24, 2.45) is 0 Å². The molecule has 4 rings (SSSR count). The van der Waals surface area contributed by atoms with Crippen LogP contribution in [0.1, 0.15) is 16.7 Å². The monoisotopic (exact) mass is 485 g/mol. The number of nitriles is 1. The zero-order valence-corrected chi connectivity index (χ0v) is 19.9. The van der Waals surface area contributed by atoms with E-state index in [0.29, 0.717) is 35.1 Å². The topological polar surface area (TPSA) is 87.1 Å². The molecule has 1 amide bonds. The molecule has 0 saturated carbocycles. The molecule has 0 bridgehead atoms. The van der Waals surface area contributed by atoms with Crippen molar-refractivity contribution >= 4 is 34.5 Å². The van der Waals surface area contributed by atoms with Crippen molar-refractivity contribution in [1.29, 1.82) is 5.26 Å². The van der Waals surface area contributed by atoms with Gasteiger partial charge in [0.15, 0.2) is 11.5 Å². The van der Waals surface area contributed by atoms with Crippen molar-refractivity contribution in [3.8, 4) is 17.6 Å². The number of rotatable bonds is 9. The predicted octanol–water partition coefficient (Wildman–Crippen LogP) is 5.67. The maximum absolute atomic E-state index is 12.6. The average Bonchev–Trinajstić information content (AvgIpc) is 3.30. The van der Waals surface area contributed by atoms with Crippen LogP contribution in [-0.2, 0) is 17.8 Å². The molecule has 0 saturated heterocycles. The molecule has 0 aliphatic rings. The van der Waals surface area contributed by atoms with E-state index < -0.39 is 5.91 Å². The molecule has 3 aromatic carbocycles. The summed E-state index contributed by atoms with van der Waals surface area (Å²) < 4.78 is 11.3. The molecule has 0 aliphatic carbocycles. The first-order valence-corrected chi connectivity index (χ1v) is 11.5. The first-order valence-electron chi connectivity index (χ1n) is 11.1. The van der Waals surface area contributed by atoms with Crippen LogP contribution in [0.25, 0.3) is 17.0 Å². The number of nitrogens with one attached hydrogen (secondary N) is 2. The Morgan fingerprint density at radius 1 is 1.09 bits per heavy atom. The van der Waals surface area contributed by atoms with E-state index in [1.165, 1.54) is 13.2 Å². The molecule has 35 heavy (non-hydrogen) atoms. The number of carbonyl (C=O) groups is 1. The van der Waals surface area contributed by atoms with Crippen LogP contribution < -0.4 is 14.8 Å². The highest BCUT2D eigenvalue weighted by molar-refractivity contribution is 6.31. The summed E-state index contributed by atoms with van der Waals surface area (Å²) in [5.74, 6) is 0.597. The van der Waals surface area contributed by atoms with Gasteiger partial charge in [0.05, 0.1) is 7.11 Å². The fourth-order valence-corrected chi connectivity index (χ4v) is 3.91. The molecule has 0 fully saturated rings. The van der Waals surface area contributed by atoms with E-state index in [4.69, 9.17) is 21.1 Å². The molecule has 4 aromatic rings. The third-order valence-corrected chi connectivity index (χ3v) is 5.93. The van der Waals surface area contributed by atoms with E-state index in [1.54, 1.807) is 24.3 Å². The Hall–Kier alpha value is -4.21.